The number of hydrogen-bond acceptors (Lipinski definition) is 6. The van der Waals surface area contributed by atoms with Crippen LogP contribution < -0.4 is 15.2 Å². The summed E-state index contributed by atoms with van der Waals surface area (Å²) in [6.07, 6.45) is 0.0261. The van der Waals surface area contributed by atoms with Crippen LogP contribution in [0.1, 0.15) is 11.1 Å². The van der Waals surface area contributed by atoms with Crippen molar-refractivity contribution in [2.24, 2.45) is 5.73 Å². The highest BCUT2D eigenvalue weighted by Crippen LogP contribution is 2.31. The number of primary amides is 1. The summed E-state index contributed by atoms with van der Waals surface area (Å²) in [6, 6.07) is 15.4. The highest BCUT2D eigenvalue weighted by molar-refractivity contribution is 5.79. The number of nitrogens with zero attached hydrogens (tertiary/aromatic N) is 1. The first-order valence-electron chi connectivity index (χ1n) is 8.83. The lowest BCUT2D eigenvalue weighted by molar-refractivity contribution is -0.184. The lowest BCUT2D eigenvalue weighted by Crippen LogP contribution is -2.41. The van der Waals surface area contributed by atoms with Crippen molar-refractivity contribution in [2.75, 3.05) is 21.3 Å². The second kappa shape index (κ2) is 8.67. The fourth-order valence-electron chi connectivity index (χ4n) is 3.08. The van der Waals surface area contributed by atoms with Crippen LogP contribution >= 0.6 is 0 Å². The average Bonchev–Trinajstić information content (AvgIpc) is 3.06. The molecule has 1 aliphatic rings. The average molecular weight is 384 g/mol. The van der Waals surface area contributed by atoms with Gasteiger partial charge in [0.2, 0.25) is 0 Å². The van der Waals surface area contributed by atoms with Gasteiger partial charge in [0, 0.05) is 12.8 Å². The largest absolute Gasteiger partial charge is 0.497 e. The van der Waals surface area contributed by atoms with E-state index in [1.54, 1.807) is 14.2 Å². The lowest BCUT2D eigenvalue weighted by Gasteiger charge is -2.22. The fourth-order valence-corrected chi connectivity index (χ4v) is 3.08. The third-order valence-electron chi connectivity index (χ3n) is 4.55. The molecule has 2 aromatic rings. The molecule has 0 saturated carbocycles. The maximum absolute atomic E-state index is 11.8. The third-order valence-corrected chi connectivity index (χ3v) is 4.55. The van der Waals surface area contributed by atoms with Gasteiger partial charge in [0.05, 0.1) is 27.0 Å². The van der Waals surface area contributed by atoms with Gasteiger partial charge in [-0.05, 0) is 35.4 Å². The summed E-state index contributed by atoms with van der Waals surface area (Å²) >= 11 is 0. The molecule has 1 amide bonds. The first-order chi connectivity index (χ1) is 13.5. The fraction of sp³-hybridized carbons (Fsp3) is 0.286. The molecule has 0 fully saturated rings. The maximum Gasteiger partial charge on any atom is 0.282 e. The van der Waals surface area contributed by atoms with E-state index >= 15 is 0 Å². The molecule has 7 nitrogen and oxygen atoms in total. The van der Waals surface area contributed by atoms with E-state index in [1.807, 2.05) is 48.5 Å². The topological polar surface area (TPSA) is 83.3 Å². The van der Waals surface area contributed by atoms with Gasteiger partial charge in [-0.15, -0.1) is 0 Å². The van der Waals surface area contributed by atoms with Gasteiger partial charge in [0.15, 0.2) is 0 Å². The minimum atomic E-state index is -0.994. The van der Waals surface area contributed by atoms with E-state index < -0.39 is 12.1 Å². The molecule has 2 N–H and O–H groups in total. The molecule has 148 valence electrons. The van der Waals surface area contributed by atoms with Crippen molar-refractivity contribution in [2.45, 2.75) is 19.1 Å². The van der Waals surface area contributed by atoms with Crippen molar-refractivity contribution in [1.82, 2.24) is 5.06 Å². The van der Waals surface area contributed by atoms with Crippen LogP contribution in [0, 0.1) is 0 Å². The molecule has 2 aromatic carbocycles. The van der Waals surface area contributed by atoms with Crippen molar-refractivity contribution >= 4 is 5.91 Å². The van der Waals surface area contributed by atoms with Gasteiger partial charge in [-0.1, -0.05) is 24.3 Å². The molecule has 0 saturated heterocycles. The van der Waals surface area contributed by atoms with Crippen molar-refractivity contribution in [3.63, 3.8) is 0 Å². The number of methoxy groups -OCH3 is 2. The quantitative estimate of drug-likeness (QED) is 0.753. The van der Waals surface area contributed by atoms with E-state index in [-0.39, 0.29) is 0 Å². The van der Waals surface area contributed by atoms with E-state index in [9.17, 15) is 4.79 Å². The van der Waals surface area contributed by atoms with Gasteiger partial charge < -0.3 is 19.9 Å². The van der Waals surface area contributed by atoms with Crippen LogP contribution in [0.3, 0.4) is 0 Å². The Bertz CT molecular complexity index is 846. The van der Waals surface area contributed by atoms with E-state index in [0.29, 0.717) is 18.6 Å². The highest BCUT2D eigenvalue weighted by atomic mass is 16.7. The molecule has 1 unspecified atom stereocenters. The summed E-state index contributed by atoms with van der Waals surface area (Å²) in [4.78, 5) is 17.3. The van der Waals surface area contributed by atoms with Gasteiger partial charge in [-0.25, -0.2) is 5.06 Å². The molecule has 1 heterocycles. The second-order valence-electron chi connectivity index (χ2n) is 6.30. The summed E-state index contributed by atoms with van der Waals surface area (Å²) in [6.45, 7) is 0. The number of hydroxylamine groups is 2. The first-order valence-corrected chi connectivity index (χ1v) is 8.83. The standard InChI is InChI=1S/C21H24N2O5/c1-25-16-8-4-14(5-9-16)12-18-19(28-21(20(22)24)23(18)27-3)13-15-6-10-17(26-2)11-7-15/h4-11,21H,12-13H2,1-3H3,(H2,22,24). The summed E-state index contributed by atoms with van der Waals surface area (Å²) in [7, 11) is 4.74. The Labute approximate surface area is 164 Å². The Hall–Kier alpha value is -3.19. The Morgan fingerprint density at radius 3 is 1.86 bits per heavy atom. The third kappa shape index (κ3) is 4.20. The number of ether oxygens (including phenoxy) is 3. The Kier molecular flexibility index (Phi) is 6.06. The molecule has 0 aromatic heterocycles. The summed E-state index contributed by atoms with van der Waals surface area (Å²) in [5, 5.41) is 1.44. The number of allylic oxidation sites excluding steroid dienone is 2. The Morgan fingerprint density at radius 1 is 0.929 bits per heavy atom. The second-order valence-corrected chi connectivity index (χ2v) is 6.30. The van der Waals surface area contributed by atoms with E-state index in [0.717, 1.165) is 28.3 Å². The van der Waals surface area contributed by atoms with Gasteiger partial charge in [0.1, 0.15) is 17.3 Å². The van der Waals surface area contributed by atoms with Crippen LogP contribution in [-0.4, -0.2) is 38.5 Å². The van der Waals surface area contributed by atoms with Crippen LogP contribution in [0.15, 0.2) is 60.0 Å². The number of rotatable bonds is 8. The van der Waals surface area contributed by atoms with E-state index in [1.165, 1.54) is 12.2 Å². The van der Waals surface area contributed by atoms with Crippen molar-refractivity contribution in [1.29, 1.82) is 0 Å². The molecule has 7 heteroatoms. The zero-order chi connectivity index (χ0) is 20.1. The van der Waals surface area contributed by atoms with Gasteiger partial charge in [0.25, 0.3) is 12.1 Å². The number of nitrogens with two attached hydrogens (primary N) is 1. The molecule has 3 rings (SSSR count). The van der Waals surface area contributed by atoms with E-state index in [4.69, 9.17) is 24.8 Å². The van der Waals surface area contributed by atoms with Crippen molar-refractivity contribution < 1.29 is 23.8 Å². The number of carbonyl (C=O) groups excluding carboxylic acids is 1. The van der Waals surface area contributed by atoms with Crippen LogP contribution in [0.4, 0.5) is 0 Å². The summed E-state index contributed by atoms with van der Waals surface area (Å²) in [5.41, 5.74) is 8.31. The smallest absolute Gasteiger partial charge is 0.282 e. The minimum Gasteiger partial charge on any atom is -0.497 e. The molecule has 0 radical (unpaired) electrons. The summed E-state index contributed by atoms with van der Waals surface area (Å²) < 4.78 is 16.3. The molecule has 0 spiro atoms. The molecular weight excluding hydrogens is 360 g/mol. The SMILES string of the molecule is COc1ccc(CC2=C(Cc3ccc(OC)cc3)N(OC)C(C(N)=O)O2)cc1. The van der Waals surface area contributed by atoms with Gasteiger partial charge in [-0.2, -0.15) is 0 Å². The zero-order valence-corrected chi connectivity index (χ0v) is 16.2. The monoisotopic (exact) mass is 384 g/mol. The van der Waals surface area contributed by atoms with Gasteiger partial charge in [-0.3, -0.25) is 9.63 Å². The summed E-state index contributed by atoms with van der Waals surface area (Å²) in [5.74, 6) is 1.58. The zero-order valence-electron chi connectivity index (χ0n) is 16.2. The maximum atomic E-state index is 11.8. The molecule has 0 aliphatic carbocycles. The van der Waals surface area contributed by atoms with Crippen LogP contribution in [0.5, 0.6) is 11.5 Å². The van der Waals surface area contributed by atoms with Crippen LogP contribution in [-0.2, 0) is 27.2 Å². The normalized spacial score (nSPS) is 16.1. The molecule has 28 heavy (non-hydrogen) atoms. The van der Waals surface area contributed by atoms with Gasteiger partial charge >= 0.3 is 0 Å². The Morgan fingerprint density at radius 2 is 1.43 bits per heavy atom. The Balaban J connectivity index is 1.90. The molecule has 1 atom stereocenters. The predicted molar refractivity (Wildman–Crippen MR) is 103 cm³/mol. The van der Waals surface area contributed by atoms with Crippen molar-refractivity contribution in [3.05, 3.63) is 71.1 Å². The predicted octanol–water partition coefficient (Wildman–Crippen LogP) is 2.41. The van der Waals surface area contributed by atoms with Crippen LogP contribution in [0.2, 0.25) is 0 Å². The first kappa shape index (κ1) is 19.6. The van der Waals surface area contributed by atoms with Crippen LogP contribution in [0.25, 0.3) is 0 Å². The molecule has 0 bridgehead atoms. The number of benzene rings is 2. The number of carbonyl (C=O) groups is 1. The lowest BCUT2D eigenvalue weighted by atomic mass is 10.1. The van der Waals surface area contributed by atoms with Crippen molar-refractivity contribution in [3.8, 4) is 11.5 Å². The van der Waals surface area contributed by atoms with E-state index in [2.05, 4.69) is 0 Å². The number of hydrogen-bond donors (Lipinski definition) is 1. The number of amides is 1. The molecular formula is C21H24N2O5. The minimum absolute atomic E-state index is 0.499. The molecule has 1 aliphatic heterocycles. The highest BCUT2D eigenvalue weighted by Gasteiger charge is 2.37.